The topological polar surface area (TPSA) is 97.4 Å². The van der Waals surface area contributed by atoms with Crippen molar-refractivity contribution < 1.29 is 18.7 Å². The highest BCUT2D eigenvalue weighted by Crippen LogP contribution is 2.47. The van der Waals surface area contributed by atoms with Gasteiger partial charge in [-0.05, 0) is 67.3 Å². The number of ether oxygens (including phenoxy) is 2. The van der Waals surface area contributed by atoms with Crippen LogP contribution in [0.3, 0.4) is 0 Å². The molecule has 1 amide bonds. The maximum atomic E-state index is 15.0. The van der Waals surface area contributed by atoms with E-state index in [1.165, 1.54) is 6.07 Å². The summed E-state index contributed by atoms with van der Waals surface area (Å²) >= 11 is 0. The molecule has 0 radical (unpaired) electrons. The molecular weight excluding hydrogens is 437 g/mol. The van der Waals surface area contributed by atoms with Crippen molar-refractivity contribution in [1.82, 2.24) is 15.3 Å². The molecule has 3 N–H and O–H groups in total. The zero-order valence-corrected chi connectivity index (χ0v) is 18.9. The van der Waals surface area contributed by atoms with Crippen molar-refractivity contribution in [3.8, 4) is 17.0 Å². The van der Waals surface area contributed by atoms with Crippen molar-refractivity contribution >= 4 is 28.4 Å². The molecule has 1 saturated carbocycles. The average Bonchev–Trinajstić information content (AvgIpc) is 3.29. The highest BCUT2D eigenvalue weighted by molar-refractivity contribution is 5.92. The van der Waals surface area contributed by atoms with Gasteiger partial charge in [-0.15, -0.1) is 0 Å². The first-order valence-corrected chi connectivity index (χ1v) is 11.6. The number of amides is 1. The number of aromatic nitrogens is 2. The molecule has 2 aliphatic heterocycles. The number of rotatable bonds is 3. The summed E-state index contributed by atoms with van der Waals surface area (Å²) in [5.41, 5.74) is 3.07. The fourth-order valence-electron chi connectivity index (χ4n) is 5.35. The molecule has 3 aliphatic rings. The Morgan fingerprint density at radius 1 is 1.18 bits per heavy atom. The van der Waals surface area contributed by atoms with E-state index in [4.69, 9.17) is 9.47 Å². The summed E-state index contributed by atoms with van der Waals surface area (Å²) in [7, 11) is 0. The van der Waals surface area contributed by atoms with E-state index in [0.29, 0.717) is 46.8 Å². The van der Waals surface area contributed by atoms with Crippen molar-refractivity contribution in [3.63, 3.8) is 0 Å². The van der Waals surface area contributed by atoms with Crippen LogP contribution in [-0.2, 0) is 4.74 Å². The van der Waals surface area contributed by atoms with Crippen molar-refractivity contribution in [3.05, 3.63) is 42.0 Å². The minimum absolute atomic E-state index is 0.0573. The van der Waals surface area contributed by atoms with Crippen molar-refractivity contribution in [2.75, 3.05) is 36.9 Å². The number of fused-ring (bicyclic) bond motifs is 2. The monoisotopic (exact) mass is 463 g/mol. The molecule has 0 atom stereocenters. The van der Waals surface area contributed by atoms with Crippen LogP contribution in [0.25, 0.3) is 21.9 Å². The SMILES string of the molecule is Cc1c(-c2cc3cc(NC(=O)OC4CC5(CCNC5)C4)ncc3cc2F)cnc2c1NCCO2. The molecule has 4 heterocycles. The lowest BCUT2D eigenvalue weighted by Crippen LogP contribution is -2.45. The summed E-state index contributed by atoms with van der Waals surface area (Å²) in [6, 6.07) is 4.93. The molecule has 34 heavy (non-hydrogen) atoms. The fourth-order valence-corrected chi connectivity index (χ4v) is 5.35. The normalized spacial score (nSPS) is 23.1. The fraction of sp³-hybridized carbons (Fsp3) is 0.400. The molecule has 6 rings (SSSR count). The van der Waals surface area contributed by atoms with Crippen LogP contribution in [-0.4, -0.2) is 48.4 Å². The van der Waals surface area contributed by atoms with Crippen molar-refractivity contribution in [2.45, 2.75) is 32.3 Å². The zero-order valence-electron chi connectivity index (χ0n) is 18.9. The van der Waals surface area contributed by atoms with Gasteiger partial charge in [-0.2, -0.15) is 0 Å². The van der Waals surface area contributed by atoms with E-state index in [0.717, 1.165) is 49.0 Å². The predicted molar refractivity (Wildman–Crippen MR) is 127 cm³/mol. The first kappa shape index (κ1) is 21.1. The largest absolute Gasteiger partial charge is 0.474 e. The van der Waals surface area contributed by atoms with Gasteiger partial charge in [0.2, 0.25) is 5.88 Å². The Kier molecular flexibility index (Phi) is 5.02. The highest BCUT2D eigenvalue weighted by Gasteiger charge is 2.47. The van der Waals surface area contributed by atoms with Crippen LogP contribution in [0.2, 0.25) is 0 Å². The van der Waals surface area contributed by atoms with Crippen LogP contribution in [0.4, 0.5) is 20.7 Å². The molecule has 1 aromatic carbocycles. The lowest BCUT2D eigenvalue weighted by atomic mass is 9.66. The number of anilines is 2. The second-order valence-electron chi connectivity index (χ2n) is 9.49. The van der Waals surface area contributed by atoms with Crippen LogP contribution in [0.5, 0.6) is 5.88 Å². The smallest absolute Gasteiger partial charge is 0.413 e. The van der Waals surface area contributed by atoms with Gasteiger partial charge in [-0.25, -0.2) is 19.2 Å². The average molecular weight is 464 g/mol. The molecule has 1 saturated heterocycles. The number of halogens is 1. The summed E-state index contributed by atoms with van der Waals surface area (Å²) in [6.45, 7) is 5.18. The first-order chi connectivity index (χ1) is 16.5. The molecule has 0 unspecified atom stereocenters. The standard InChI is InChI=1S/C25H26FN5O3/c1-14-19(12-30-23-22(14)28-4-5-33-23)18-6-15-8-21(29-11-16(15)7-20(18)26)31-24(32)34-17-9-25(10-17)2-3-27-13-25/h6-8,11-12,17,27-28H,2-5,9-10,13H2,1H3,(H,29,31,32). The van der Waals surface area contributed by atoms with Gasteiger partial charge >= 0.3 is 6.09 Å². The summed E-state index contributed by atoms with van der Waals surface area (Å²) in [4.78, 5) is 21.0. The molecule has 1 spiro atoms. The van der Waals surface area contributed by atoms with Gasteiger partial charge in [0.15, 0.2) is 0 Å². The van der Waals surface area contributed by atoms with Gasteiger partial charge < -0.3 is 20.1 Å². The number of nitrogens with one attached hydrogen (secondary N) is 3. The van der Waals surface area contributed by atoms with E-state index in [-0.39, 0.29) is 11.9 Å². The molecule has 0 bridgehead atoms. The van der Waals surface area contributed by atoms with E-state index in [2.05, 4.69) is 25.9 Å². The zero-order chi connectivity index (χ0) is 23.3. The molecular formula is C25H26FN5O3. The highest BCUT2D eigenvalue weighted by atomic mass is 19.1. The Morgan fingerprint density at radius 2 is 2.06 bits per heavy atom. The predicted octanol–water partition coefficient (Wildman–Crippen LogP) is 4.24. The van der Waals surface area contributed by atoms with Crippen LogP contribution in [0.1, 0.15) is 24.8 Å². The molecule has 176 valence electrons. The van der Waals surface area contributed by atoms with Crippen LogP contribution in [0.15, 0.2) is 30.6 Å². The number of carbonyl (C=O) groups excluding carboxylic acids is 1. The molecule has 2 fully saturated rings. The van der Waals surface area contributed by atoms with E-state index >= 15 is 4.39 Å². The van der Waals surface area contributed by atoms with Gasteiger partial charge in [0, 0.05) is 42.0 Å². The summed E-state index contributed by atoms with van der Waals surface area (Å²) in [5, 5.41) is 10.8. The lowest BCUT2D eigenvalue weighted by molar-refractivity contribution is -0.0265. The Bertz CT molecular complexity index is 1280. The second kappa shape index (κ2) is 8.09. The first-order valence-electron chi connectivity index (χ1n) is 11.6. The quantitative estimate of drug-likeness (QED) is 0.535. The van der Waals surface area contributed by atoms with Gasteiger partial charge in [0.1, 0.15) is 30.0 Å². The molecule has 2 aromatic heterocycles. The Hall–Kier alpha value is -3.46. The van der Waals surface area contributed by atoms with Gasteiger partial charge in [0.05, 0.1) is 0 Å². The summed E-state index contributed by atoms with van der Waals surface area (Å²) < 4.78 is 26.2. The number of carbonyl (C=O) groups is 1. The number of pyridine rings is 2. The number of hydrogen-bond donors (Lipinski definition) is 3. The molecule has 8 nitrogen and oxygen atoms in total. The third-order valence-electron chi connectivity index (χ3n) is 7.20. The molecule has 1 aliphatic carbocycles. The van der Waals surface area contributed by atoms with E-state index < -0.39 is 6.09 Å². The Morgan fingerprint density at radius 3 is 2.88 bits per heavy atom. The van der Waals surface area contributed by atoms with E-state index in [9.17, 15) is 4.79 Å². The number of benzene rings is 1. The minimum Gasteiger partial charge on any atom is -0.474 e. The Balaban J connectivity index is 1.22. The molecule has 3 aromatic rings. The lowest BCUT2D eigenvalue weighted by Gasteiger charge is -2.43. The van der Waals surface area contributed by atoms with Crippen LogP contribution in [0, 0.1) is 18.2 Å². The van der Waals surface area contributed by atoms with Crippen LogP contribution < -0.4 is 20.7 Å². The van der Waals surface area contributed by atoms with Gasteiger partial charge in [-0.3, -0.25) is 5.32 Å². The van der Waals surface area contributed by atoms with Crippen molar-refractivity contribution in [1.29, 1.82) is 0 Å². The summed E-state index contributed by atoms with van der Waals surface area (Å²) in [5.74, 6) is 0.530. The Labute approximate surface area is 196 Å². The van der Waals surface area contributed by atoms with E-state index in [1.54, 1.807) is 24.5 Å². The van der Waals surface area contributed by atoms with Crippen molar-refractivity contribution in [2.24, 2.45) is 5.41 Å². The number of hydrogen-bond acceptors (Lipinski definition) is 7. The third-order valence-corrected chi connectivity index (χ3v) is 7.20. The third kappa shape index (κ3) is 3.69. The minimum atomic E-state index is -0.513. The van der Waals surface area contributed by atoms with Crippen LogP contribution >= 0.6 is 0 Å². The second-order valence-corrected chi connectivity index (χ2v) is 9.49. The van der Waals surface area contributed by atoms with Gasteiger partial charge in [0.25, 0.3) is 0 Å². The molecule has 9 heteroatoms. The van der Waals surface area contributed by atoms with Gasteiger partial charge in [-0.1, -0.05) is 0 Å². The maximum Gasteiger partial charge on any atom is 0.413 e. The number of nitrogens with zero attached hydrogens (tertiary/aromatic N) is 2. The maximum absolute atomic E-state index is 15.0. The van der Waals surface area contributed by atoms with E-state index in [1.807, 2.05) is 6.92 Å². The summed E-state index contributed by atoms with van der Waals surface area (Å²) in [6.07, 6.45) is 5.55.